The van der Waals surface area contributed by atoms with Crippen LogP contribution in [0.1, 0.15) is 0 Å². The highest BCUT2D eigenvalue weighted by Crippen LogP contribution is 1.99. The summed E-state index contributed by atoms with van der Waals surface area (Å²) in [5.74, 6) is 0.0133. The molecular weight excluding hydrogens is 150 g/mol. The molecule has 0 aromatic carbocycles. The molecule has 0 atom stereocenters. The summed E-state index contributed by atoms with van der Waals surface area (Å²) in [7, 11) is 1.20. The molecule has 0 saturated heterocycles. The highest BCUT2D eigenvalue weighted by Gasteiger charge is 2.03. The number of nitrogens with zero attached hydrogens (tertiary/aromatic N) is 3. The summed E-state index contributed by atoms with van der Waals surface area (Å²) in [6.07, 6.45) is 1.64. The first-order valence-corrected chi connectivity index (χ1v) is 2.71. The van der Waals surface area contributed by atoms with E-state index >= 15 is 0 Å². The van der Waals surface area contributed by atoms with Crippen LogP contribution in [0.2, 0.25) is 0 Å². The van der Waals surface area contributed by atoms with Crippen molar-refractivity contribution >= 4 is 6.16 Å². The molecule has 0 aliphatic heterocycles. The molecule has 6 nitrogen and oxygen atoms in total. The van der Waals surface area contributed by atoms with Gasteiger partial charge in [0.15, 0.2) is 0 Å². The Morgan fingerprint density at radius 3 is 3.00 bits per heavy atom. The second-order valence-corrected chi connectivity index (χ2v) is 1.50. The number of aromatic nitrogens is 3. The van der Waals surface area contributed by atoms with Gasteiger partial charge in [0.1, 0.15) is 6.33 Å². The van der Waals surface area contributed by atoms with E-state index in [0.29, 0.717) is 0 Å². The Kier molecular flexibility index (Phi) is 2.32. The van der Waals surface area contributed by atoms with E-state index < -0.39 is 6.16 Å². The van der Waals surface area contributed by atoms with Gasteiger partial charge in [0.25, 0.3) is 5.88 Å². The van der Waals surface area contributed by atoms with Gasteiger partial charge < -0.3 is 9.47 Å². The molecule has 1 aromatic rings. The van der Waals surface area contributed by atoms with Crippen LogP contribution in [0.3, 0.4) is 0 Å². The van der Waals surface area contributed by atoms with Crippen molar-refractivity contribution in [1.82, 2.24) is 15.2 Å². The Hall–Kier alpha value is -1.72. The monoisotopic (exact) mass is 155 g/mol. The Balaban J connectivity index is 2.58. The molecule has 0 radical (unpaired) electrons. The lowest BCUT2D eigenvalue weighted by Gasteiger charge is -1.97. The lowest BCUT2D eigenvalue weighted by Crippen LogP contribution is -2.08. The smallest absolute Gasteiger partial charge is 0.437 e. The fourth-order valence-corrected chi connectivity index (χ4v) is 0.409. The maximum absolute atomic E-state index is 10.4. The van der Waals surface area contributed by atoms with Crippen LogP contribution in [0.15, 0.2) is 12.5 Å². The zero-order chi connectivity index (χ0) is 8.10. The van der Waals surface area contributed by atoms with Crippen LogP contribution >= 0.6 is 0 Å². The van der Waals surface area contributed by atoms with Crippen molar-refractivity contribution in [2.75, 3.05) is 7.11 Å². The fourth-order valence-electron chi connectivity index (χ4n) is 0.409. The summed E-state index contributed by atoms with van der Waals surface area (Å²) < 4.78 is 8.66. The highest BCUT2D eigenvalue weighted by molar-refractivity contribution is 5.62. The second-order valence-electron chi connectivity index (χ2n) is 1.50. The van der Waals surface area contributed by atoms with E-state index in [1.54, 1.807) is 0 Å². The van der Waals surface area contributed by atoms with Crippen molar-refractivity contribution in [1.29, 1.82) is 0 Å². The Morgan fingerprint density at radius 2 is 2.45 bits per heavy atom. The standard InChI is InChI=1S/C5H5N3O3/c1-10-5(9)11-4-2-6-3-7-8-4/h2-3H,1H3. The van der Waals surface area contributed by atoms with Crippen molar-refractivity contribution in [3.63, 3.8) is 0 Å². The molecule has 6 heteroatoms. The SMILES string of the molecule is COC(=O)Oc1cncnn1. The number of methoxy groups -OCH3 is 1. The summed E-state index contributed by atoms with van der Waals surface area (Å²) in [6, 6.07) is 0. The molecule has 1 heterocycles. The predicted molar refractivity (Wildman–Crippen MR) is 32.9 cm³/mol. The molecule has 0 saturated carbocycles. The first kappa shape index (κ1) is 7.39. The minimum absolute atomic E-state index is 0.0133. The Bertz CT molecular complexity index is 238. The third-order valence-electron chi connectivity index (χ3n) is 0.814. The molecule has 0 spiro atoms. The van der Waals surface area contributed by atoms with Crippen LogP contribution < -0.4 is 4.74 Å². The van der Waals surface area contributed by atoms with Crippen molar-refractivity contribution in [2.24, 2.45) is 0 Å². The number of carbonyl (C=O) groups is 1. The van der Waals surface area contributed by atoms with E-state index in [1.807, 2.05) is 0 Å². The maximum atomic E-state index is 10.4. The normalized spacial score (nSPS) is 8.82. The molecule has 0 aliphatic rings. The van der Waals surface area contributed by atoms with E-state index in [9.17, 15) is 4.79 Å². The van der Waals surface area contributed by atoms with Crippen LogP contribution in [-0.4, -0.2) is 28.4 Å². The minimum atomic E-state index is -0.840. The number of carbonyl (C=O) groups excluding carboxylic acids is 1. The van der Waals surface area contributed by atoms with E-state index in [2.05, 4.69) is 24.7 Å². The van der Waals surface area contributed by atoms with Crippen LogP contribution in [-0.2, 0) is 4.74 Å². The second kappa shape index (κ2) is 3.45. The highest BCUT2D eigenvalue weighted by atomic mass is 16.7. The number of ether oxygens (including phenoxy) is 2. The summed E-state index contributed by atoms with van der Waals surface area (Å²) in [4.78, 5) is 14.0. The van der Waals surface area contributed by atoms with E-state index in [1.165, 1.54) is 19.6 Å². The summed E-state index contributed by atoms with van der Waals surface area (Å²) >= 11 is 0. The van der Waals surface area contributed by atoms with Crippen LogP contribution in [0, 0.1) is 0 Å². The number of hydrogen-bond donors (Lipinski definition) is 0. The van der Waals surface area contributed by atoms with Crippen LogP contribution in [0.25, 0.3) is 0 Å². The zero-order valence-corrected chi connectivity index (χ0v) is 5.72. The third-order valence-corrected chi connectivity index (χ3v) is 0.814. The van der Waals surface area contributed by atoms with Gasteiger partial charge in [-0.3, -0.25) is 0 Å². The van der Waals surface area contributed by atoms with Crippen molar-refractivity contribution in [2.45, 2.75) is 0 Å². The van der Waals surface area contributed by atoms with Gasteiger partial charge in [-0.1, -0.05) is 0 Å². The van der Waals surface area contributed by atoms with Gasteiger partial charge in [0.2, 0.25) is 0 Å². The zero-order valence-electron chi connectivity index (χ0n) is 5.72. The van der Waals surface area contributed by atoms with Gasteiger partial charge in [-0.25, -0.2) is 9.78 Å². The Morgan fingerprint density at radius 1 is 1.64 bits per heavy atom. The first-order chi connectivity index (χ1) is 5.33. The van der Waals surface area contributed by atoms with Gasteiger partial charge in [-0.2, -0.15) is 0 Å². The van der Waals surface area contributed by atoms with Gasteiger partial charge in [-0.15, -0.1) is 10.2 Å². The molecule has 0 N–H and O–H groups in total. The number of hydrogen-bond acceptors (Lipinski definition) is 6. The summed E-state index contributed by atoms with van der Waals surface area (Å²) in [5.41, 5.74) is 0. The quantitative estimate of drug-likeness (QED) is 0.532. The number of rotatable bonds is 1. The third kappa shape index (κ3) is 2.17. The van der Waals surface area contributed by atoms with Crippen molar-refractivity contribution < 1.29 is 14.3 Å². The maximum Gasteiger partial charge on any atom is 0.515 e. The molecule has 0 fully saturated rings. The molecule has 1 rings (SSSR count). The molecule has 58 valence electrons. The van der Waals surface area contributed by atoms with Gasteiger partial charge in [0.05, 0.1) is 13.3 Å². The first-order valence-electron chi connectivity index (χ1n) is 2.71. The Labute approximate surface area is 62.2 Å². The van der Waals surface area contributed by atoms with Crippen LogP contribution in [0.4, 0.5) is 4.79 Å². The fraction of sp³-hybridized carbons (Fsp3) is 0.200. The average molecular weight is 155 g/mol. The lowest BCUT2D eigenvalue weighted by atomic mass is 10.8. The van der Waals surface area contributed by atoms with Crippen LogP contribution in [0.5, 0.6) is 5.88 Å². The summed E-state index contributed by atoms with van der Waals surface area (Å²) in [5, 5.41) is 6.81. The van der Waals surface area contributed by atoms with Gasteiger partial charge in [-0.05, 0) is 0 Å². The van der Waals surface area contributed by atoms with E-state index in [0.717, 1.165) is 0 Å². The largest absolute Gasteiger partial charge is 0.515 e. The van der Waals surface area contributed by atoms with Crippen molar-refractivity contribution in [3.8, 4) is 5.88 Å². The molecule has 1 aromatic heterocycles. The summed E-state index contributed by atoms with van der Waals surface area (Å²) in [6.45, 7) is 0. The van der Waals surface area contributed by atoms with E-state index in [4.69, 9.17) is 0 Å². The van der Waals surface area contributed by atoms with Gasteiger partial charge in [0, 0.05) is 0 Å². The molecule has 0 amide bonds. The van der Waals surface area contributed by atoms with E-state index in [-0.39, 0.29) is 5.88 Å². The molecule has 0 aliphatic carbocycles. The van der Waals surface area contributed by atoms with Gasteiger partial charge >= 0.3 is 6.16 Å². The average Bonchev–Trinajstić information content (AvgIpc) is 2.06. The molecule has 11 heavy (non-hydrogen) atoms. The predicted octanol–water partition coefficient (Wildman–Crippen LogP) is 0.0168. The van der Waals surface area contributed by atoms with Crippen molar-refractivity contribution in [3.05, 3.63) is 12.5 Å². The molecule has 0 bridgehead atoms. The topological polar surface area (TPSA) is 74.2 Å². The lowest BCUT2D eigenvalue weighted by molar-refractivity contribution is 0.119. The molecular formula is C5H5N3O3. The minimum Gasteiger partial charge on any atom is -0.437 e. The molecule has 0 unspecified atom stereocenters.